The highest BCUT2D eigenvalue weighted by molar-refractivity contribution is 5.79. The van der Waals surface area contributed by atoms with Crippen molar-refractivity contribution in [3.05, 3.63) is 0 Å². The van der Waals surface area contributed by atoms with Gasteiger partial charge in [0.25, 0.3) is 0 Å². The van der Waals surface area contributed by atoms with Gasteiger partial charge in [0.2, 0.25) is 5.91 Å². The van der Waals surface area contributed by atoms with Crippen molar-refractivity contribution >= 4 is 5.91 Å². The molecule has 2 unspecified atom stereocenters. The summed E-state index contributed by atoms with van der Waals surface area (Å²) in [5.74, 6) is 2.01. The van der Waals surface area contributed by atoms with Crippen LogP contribution in [0.25, 0.3) is 0 Å². The molecule has 0 bridgehead atoms. The quantitative estimate of drug-likeness (QED) is 0.830. The molecule has 19 heavy (non-hydrogen) atoms. The van der Waals surface area contributed by atoms with Crippen LogP contribution < -0.4 is 5.32 Å². The highest BCUT2D eigenvalue weighted by Crippen LogP contribution is 2.23. The molecule has 0 radical (unpaired) electrons. The van der Waals surface area contributed by atoms with Crippen LogP contribution in [-0.4, -0.2) is 62.5 Å². The Labute approximate surface area is 117 Å². The lowest BCUT2D eigenvalue weighted by Gasteiger charge is -2.37. The number of hydrogen-bond donors (Lipinski definition) is 1. The number of amides is 1. The highest BCUT2D eigenvalue weighted by Gasteiger charge is 2.30. The Kier molecular flexibility index (Phi) is 5.22. The zero-order valence-electron chi connectivity index (χ0n) is 12.7. The van der Waals surface area contributed by atoms with Crippen molar-refractivity contribution in [3.63, 3.8) is 0 Å². The fraction of sp³-hybridized carbons (Fsp3) is 0.933. The van der Waals surface area contributed by atoms with Crippen molar-refractivity contribution in [2.45, 2.75) is 26.2 Å². The molecule has 2 rings (SSSR count). The molecule has 110 valence electrons. The first-order valence-corrected chi connectivity index (χ1v) is 7.70. The molecule has 0 saturated carbocycles. The smallest absolute Gasteiger partial charge is 0.226 e. The predicted molar refractivity (Wildman–Crippen MR) is 78.0 cm³/mol. The molecule has 0 aliphatic carbocycles. The van der Waals surface area contributed by atoms with Crippen LogP contribution in [0.15, 0.2) is 0 Å². The van der Waals surface area contributed by atoms with Crippen LogP contribution in [0.4, 0.5) is 0 Å². The second-order valence-electron chi connectivity index (χ2n) is 6.73. The van der Waals surface area contributed by atoms with E-state index in [2.05, 4.69) is 36.1 Å². The van der Waals surface area contributed by atoms with Gasteiger partial charge in [-0.1, -0.05) is 6.92 Å². The molecule has 1 N–H and O–H groups in total. The van der Waals surface area contributed by atoms with Crippen LogP contribution >= 0.6 is 0 Å². The van der Waals surface area contributed by atoms with E-state index in [1.807, 2.05) is 0 Å². The maximum atomic E-state index is 12.5. The van der Waals surface area contributed by atoms with Crippen LogP contribution in [0.5, 0.6) is 0 Å². The van der Waals surface area contributed by atoms with E-state index in [-0.39, 0.29) is 5.92 Å². The van der Waals surface area contributed by atoms with Crippen molar-refractivity contribution in [2.24, 2.45) is 17.8 Å². The molecule has 2 fully saturated rings. The first-order valence-electron chi connectivity index (χ1n) is 7.70. The van der Waals surface area contributed by atoms with Gasteiger partial charge in [0.1, 0.15) is 0 Å². The van der Waals surface area contributed by atoms with Crippen LogP contribution in [0, 0.1) is 17.8 Å². The second-order valence-corrected chi connectivity index (χ2v) is 6.73. The fourth-order valence-corrected chi connectivity index (χ4v) is 3.45. The average Bonchev–Trinajstić information content (AvgIpc) is 2.38. The summed E-state index contributed by atoms with van der Waals surface area (Å²) in [6, 6.07) is 0. The minimum absolute atomic E-state index is 0.217. The van der Waals surface area contributed by atoms with Crippen molar-refractivity contribution < 1.29 is 4.79 Å². The van der Waals surface area contributed by atoms with E-state index in [1.165, 1.54) is 12.8 Å². The van der Waals surface area contributed by atoms with Crippen molar-refractivity contribution in [3.8, 4) is 0 Å². The number of nitrogens with zero attached hydrogens (tertiary/aromatic N) is 2. The molecule has 2 aliphatic heterocycles. The van der Waals surface area contributed by atoms with E-state index in [0.29, 0.717) is 11.8 Å². The summed E-state index contributed by atoms with van der Waals surface area (Å²) < 4.78 is 0. The molecule has 0 spiro atoms. The SMILES string of the molecule is CC1CNCC(C(=O)N2CCC(CN(C)C)CC2)C1. The Balaban J connectivity index is 1.78. The maximum Gasteiger partial charge on any atom is 0.226 e. The summed E-state index contributed by atoms with van der Waals surface area (Å²) in [6.07, 6.45) is 3.39. The van der Waals surface area contributed by atoms with Gasteiger partial charge in [-0.25, -0.2) is 0 Å². The Morgan fingerprint density at radius 1 is 1.26 bits per heavy atom. The Bertz CT molecular complexity index is 298. The van der Waals surface area contributed by atoms with Gasteiger partial charge >= 0.3 is 0 Å². The summed E-state index contributed by atoms with van der Waals surface area (Å²) in [7, 11) is 4.26. The van der Waals surface area contributed by atoms with E-state index >= 15 is 0 Å². The molecule has 2 aliphatic rings. The summed E-state index contributed by atoms with van der Waals surface area (Å²) >= 11 is 0. The molecular formula is C15H29N3O. The molecule has 0 aromatic heterocycles. The number of likely N-dealkylation sites (tertiary alicyclic amines) is 1. The highest BCUT2D eigenvalue weighted by atomic mass is 16.2. The lowest BCUT2D eigenvalue weighted by Crippen LogP contribution is -2.48. The number of rotatable bonds is 3. The summed E-state index contributed by atoms with van der Waals surface area (Å²) in [5.41, 5.74) is 0. The predicted octanol–water partition coefficient (Wildman–Crippen LogP) is 1.03. The van der Waals surface area contributed by atoms with Gasteiger partial charge in [0.05, 0.1) is 5.92 Å². The molecule has 1 amide bonds. The Morgan fingerprint density at radius 2 is 1.95 bits per heavy atom. The molecule has 0 aromatic carbocycles. The molecule has 2 saturated heterocycles. The molecule has 2 heterocycles. The van der Waals surface area contributed by atoms with E-state index < -0.39 is 0 Å². The molecule has 2 atom stereocenters. The van der Waals surface area contributed by atoms with Gasteiger partial charge in [-0.3, -0.25) is 4.79 Å². The van der Waals surface area contributed by atoms with Crippen molar-refractivity contribution in [1.29, 1.82) is 0 Å². The van der Waals surface area contributed by atoms with Crippen LogP contribution in [0.1, 0.15) is 26.2 Å². The largest absolute Gasteiger partial charge is 0.342 e. The van der Waals surface area contributed by atoms with Crippen molar-refractivity contribution in [2.75, 3.05) is 46.8 Å². The van der Waals surface area contributed by atoms with Gasteiger partial charge in [0, 0.05) is 26.2 Å². The van der Waals surface area contributed by atoms with E-state index in [0.717, 1.165) is 45.1 Å². The normalized spacial score (nSPS) is 29.8. The monoisotopic (exact) mass is 267 g/mol. The first-order chi connectivity index (χ1) is 9.06. The van der Waals surface area contributed by atoms with Gasteiger partial charge in [-0.15, -0.1) is 0 Å². The maximum absolute atomic E-state index is 12.5. The number of hydrogen-bond acceptors (Lipinski definition) is 3. The number of carbonyl (C=O) groups is 1. The van der Waals surface area contributed by atoms with Crippen LogP contribution in [0.2, 0.25) is 0 Å². The minimum atomic E-state index is 0.217. The second kappa shape index (κ2) is 6.71. The van der Waals surface area contributed by atoms with Crippen LogP contribution in [-0.2, 0) is 4.79 Å². The number of carbonyl (C=O) groups excluding carboxylic acids is 1. The third-order valence-corrected chi connectivity index (χ3v) is 4.47. The molecule has 0 aromatic rings. The zero-order chi connectivity index (χ0) is 13.8. The lowest BCUT2D eigenvalue weighted by atomic mass is 9.89. The van der Waals surface area contributed by atoms with E-state index in [1.54, 1.807) is 0 Å². The minimum Gasteiger partial charge on any atom is -0.342 e. The summed E-state index contributed by atoms with van der Waals surface area (Å²) in [6.45, 7) is 7.25. The van der Waals surface area contributed by atoms with E-state index in [4.69, 9.17) is 0 Å². The van der Waals surface area contributed by atoms with Crippen molar-refractivity contribution in [1.82, 2.24) is 15.1 Å². The standard InChI is InChI=1S/C15H29N3O/c1-12-8-14(10-16-9-12)15(19)18-6-4-13(5-7-18)11-17(2)3/h12-14,16H,4-11H2,1-3H3. The third-order valence-electron chi connectivity index (χ3n) is 4.47. The van der Waals surface area contributed by atoms with Gasteiger partial charge in [-0.05, 0) is 51.7 Å². The summed E-state index contributed by atoms with van der Waals surface area (Å²) in [5, 5.41) is 3.39. The lowest BCUT2D eigenvalue weighted by molar-refractivity contribution is -0.138. The van der Waals surface area contributed by atoms with Gasteiger partial charge < -0.3 is 15.1 Å². The molecular weight excluding hydrogens is 238 g/mol. The number of piperidine rings is 2. The third kappa shape index (κ3) is 4.18. The van der Waals surface area contributed by atoms with Crippen LogP contribution in [0.3, 0.4) is 0 Å². The topological polar surface area (TPSA) is 35.6 Å². The summed E-state index contributed by atoms with van der Waals surface area (Å²) in [4.78, 5) is 16.9. The average molecular weight is 267 g/mol. The zero-order valence-corrected chi connectivity index (χ0v) is 12.7. The Hall–Kier alpha value is -0.610. The van der Waals surface area contributed by atoms with E-state index in [9.17, 15) is 4.79 Å². The molecule has 4 nitrogen and oxygen atoms in total. The van der Waals surface area contributed by atoms with Gasteiger partial charge in [0.15, 0.2) is 0 Å². The fourth-order valence-electron chi connectivity index (χ4n) is 3.45. The molecule has 4 heteroatoms. The first kappa shape index (κ1) is 14.8. The van der Waals surface area contributed by atoms with Gasteiger partial charge in [-0.2, -0.15) is 0 Å². The number of nitrogens with one attached hydrogen (secondary N) is 1. The Morgan fingerprint density at radius 3 is 2.53 bits per heavy atom.